The highest BCUT2D eigenvalue weighted by molar-refractivity contribution is 9.10. The summed E-state index contributed by atoms with van der Waals surface area (Å²) < 4.78 is 6.27. The monoisotopic (exact) mass is 296 g/mol. The average Bonchev–Trinajstić information content (AvgIpc) is 2.75. The number of esters is 1. The lowest BCUT2D eigenvalue weighted by Crippen LogP contribution is -2.07. The molecule has 2 nitrogen and oxygen atoms in total. The van der Waals surface area contributed by atoms with E-state index in [0.717, 1.165) is 10.0 Å². The number of carbonyl (C=O) groups is 1. The first-order valence-electron chi connectivity index (χ1n) is 4.68. The van der Waals surface area contributed by atoms with Gasteiger partial charge in [0, 0.05) is 4.47 Å². The summed E-state index contributed by atoms with van der Waals surface area (Å²) in [6, 6.07) is 9.13. The van der Waals surface area contributed by atoms with E-state index in [9.17, 15) is 4.79 Å². The first kappa shape index (κ1) is 11.4. The molecule has 16 heavy (non-hydrogen) atoms. The quantitative estimate of drug-likeness (QED) is 0.618. The lowest BCUT2D eigenvalue weighted by Gasteiger charge is -2.06. The Kier molecular flexibility index (Phi) is 3.41. The molecule has 0 aliphatic heterocycles. The fourth-order valence-corrected chi connectivity index (χ4v) is 2.35. The molecule has 0 N–H and O–H groups in total. The zero-order valence-corrected chi connectivity index (χ0v) is 11.0. The lowest BCUT2D eigenvalue weighted by atomic mass is 10.2. The molecule has 1 heterocycles. The highest BCUT2D eigenvalue weighted by atomic mass is 79.9. The van der Waals surface area contributed by atoms with Crippen LogP contribution in [0.1, 0.15) is 15.2 Å². The van der Waals surface area contributed by atoms with Crippen LogP contribution in [-0.4, -0.2) is 5.97 Å². The van der Waals surface area contributed by atoms with Crippen LogP contribution >= 0.6 is 27.3 Å². The van der Waals surface area contributed by atoms with Crippen LogP contribution in [-0.2, 0) is 0 Å². The summed E-state index contributed by atoms with van der Waals surface area (Å²) in [7, 11) is 0. The van der Waals surface area contributed by atoms with Gasteiger partial charge in [-0.1, -0.05) is 22.0 Å². The SMILES string of the molecule is Cc1cc(Br)ccc1OC(=O)c1cccs1. The smallest absolute Gasteiger partial charge is 0.353 e. The molecule has 1 aromatic heterocycles. The van der Waals surface area contributed by atoms with Crippen molar-refractivity contribution in [1.29, 1.82) is 0 Å². The van der Waals surface area contributed by atoms with Crippen molar-refractivity contribution in [2.24, 2.45) is 0 Å². The molecule has 0 fully saturated rings. The number of hydrogen-bond acceptors (Lipinski definition) is 3. The number of thiophene rings is 1. The highest BCUT2D eigenvalue weighted by Gasteiger charge is 2.10. The zero-order chi connectivity index (χ0) is 11.5. The van der Waals surface area contributed by atoms with Crippen LogP contribution in [0.5, 0.6) is 5.75 Å². The largest absolute Gasteiger partial charge is 0.422 e. The van der Waals surface area contributed by atoms with Crippen molar-refractivity contribution in [3.05, 3.63) is 50.6 Å². The molecule has 0 aliphatic rings. The van der Waals surface area contributed by atoms with Crippen LogP contribution in [0.4, 0.5) is 0 Å². The Labute approximate surface area is 106 Å². The third kappa shape index (κ3) is 2.51. The summed E-state index contributed by atoms with van der Waals surface area (Å²) in [5, 5.41) is 1.85. The molecular weight excluding hydrogens is 288 g/mol. The minimum Gasteiger partial charge on any atom is -0.422 e. The second-order valence-corrected chi connectivity index (χ2v) is 5.14. The number of hydrogen-bond donors (Lipinski definition) is 0. The third-order valence-corrected chi connectivity index (χ3v) is 3.41. The van der Waals surface area contributed by atoms with E-state index < -0.39 is 0 Å². The Morgan fingerprint density at radius 1 is 1.38 bits per heavy atom. The third-order valence-electron chi connectivity index (χ3n) is 2.06. The van der Waals surface area contributed by atoms with Gasteiger partial charge < -0.3 is 4.74 Å². The molecule has 4 heteroatoms. The fourth-order valence-electron chi connectivity index (χ4n) is 1.27. The maximum Gasteiger partial charge on any atom is 0.353 e. The summed E-state index contributed by atoms with van der Waals surface area (Å²) in [6.07, 6.45) is 0. The number of ether oxygens (including phenoxy) is 1. The minimum absolute atomic E-state index is 0.305. The Hall–Kier alpha value is -1.13. The number of benzene rings is 1. The second kappa shape index (κ2) is 4.80. The van der Waals surface area contributed by atoms with Gasteiger partial charge in [0.1, 0.15) is 10.6 Å². The van der Waals surface area contributed by atoms with Crippen molar-refractivity contribution >= 4 is 33.2 Å². The minimum atomic E-state index is -0.305. The van der Waals surface area contributed by atoms with Crippen molar-refractivity contribution in [3.63, 3.8) is 0 Å². The van der Waals surface area contributed by atoms with Gasteiger partial charge in [-0.15, -0.1) is 11.3 Å². The number of carbonyl (C=O) groups excluding carboxylic acids is 1. The highest BCUT2D eigenvalue weighted by Crippen LogP contribution is 2.23. The van der Waals surface area contributed by atoms with Crippen molar-refractivity contribution in [1.82, 2.24) is 0 Å². The van der Waals surface area contributed by atoms with Crippen LogP contribution in [0.3, 0.4) is 0 Å². The number of aryl methyl sites for hydroxylation is 1. The molecule has 1 aromatic carbocycles. The van der Waals surface area contributed by atoms with Gasteiger partial charge in [0.25, 0.3) is 0 Å². The molecule has 0 unspecified atom stereocenters. The maximum absolute atomic E-state index is 11.7. The van der Waals surface area contributed by atoms with Gasteiger partial charge in [-0.25, -0.2) is 4.79 Å². The van der Waals surface area contributed by atoms with Crippen LogP contribution in [0.2, 0.25) is 0 Å². The molecule has 0 amide bonds. The van der Waals surface area contributed by atoms with Gasteiger partial charge >= 0.3 is 5.97 Å². The normalized spacial score (nSPS) is 10.1. The molecule has 0 saturated heterocycles. The van der Waals surface area contributed by atoms with Gasteiger partial charge in [0.2, 0.25) is 0 Å². The summed E-state index contributed by atoms with van der Waals surface area (Å²) in [6.45, 7) is 1.90. The molecule has 0 spiro atoms. The van der Waals surface area contributed by atoms with Gasteiger partial charge in [-0.05, 0) is 42.1 Å². The van der Waals surface area contributed by atoms with E-state index in [-0.39, 0.29) is 5.97 Å². The number of halogens is 1. The molecular formula is C12H9BrO2S. The van der Waals surface area contributed by atoms with Crippen LogP contribution in [0, 0.1) is 6.92 Å². The van der Waals surface area contributed by atoms with E-state index in [1.165, 1.54) is 11.3 Å². The maximum atomic E-state index is 11.7. The Bertz CT molecular complexity index is 506. The van der Waals surface area contributed by atoms with E-state index in [0.29, 0.717) is 10.6 Å². The second-order valence-electron chi connectivity index (χ2n) is 3.28. The van der Waals surface area contributed by atoms with E-state index in [4.69, 9.17) is 4.74 Å². The Morgan fingerprint density at radius 2 is 2.19 bits per heavy atom. The Balaban J connectivity index is 2.18. The summed E-state index contributed by atoms with van der Waals surface area (Å²) in [5.41, 5.74) is 0.930. The van der Waals surface area contributed by atoms with E-state index >= 15 is 0 Å². The molecule has 82 valence electrons. The first-order valence-corrected chi connectivity index (χ1v) is 6.36. The predicted molar refractivity (Wildman–Crippen MR) is 68.2 cm³/mol. The molecule has 0 atom stereocenters. The topological polar surface area (TPSA) is 26.3 Å². The summed E-state index contributed by atoms with van der Waals surface area (Å²) in [5.74, 6) is 0.294. The lowest BCUT2D eigenvalue weighted by molar-refractivity contribution is 0.0738. The van der Waals surface area contributed by atoms with Crippen molar-refractivity contribution < 1.29 is 9.53 Å². The average molecular weight is 297 g/mol. The van der Waals surface area contributed by atoms with E-state index in [1.54, 1.807) is 12.1 Å². The van der Waals surface area contributed by atoms with Crippen molar-refractivity contribution in [3.8, 4) is 5.75 Å². The molecule has 2 rings (SSSR count). The van der Waals surface area contributed by atoms with Crippen LogP contribution < -0.4 is 4.74 Å². The van der Waals surface area contributed by atoms with E-state index in [1.807, 2.05) is 30.5 Å². The van der Waals surface area contributed by atoms with Gasteiger partial charge in [-0.2, -0.15) is 0 Å². The van der Waals surface area contributed by atoms with Gasteiger partial charge in [-0.3, -0.25) is 0 Å². The first-order chi connectivity index (χ1) is 7.66. The summed E-state index contributed by atoms with van der Waals surface area (Å²) >= 11 is 4.74. The number of rotatable bonds is 2. The molecule has 0 saturated carbocycles. The van der Waals surface area contributed by atoms with Crippen LogP contribution in [0.15, 0.2) is 40.2 Å². The standard InChI is InChI=1S/C12H9BrO2S/c1-8-7-9(13)4-5-10(8)15-12(14)11-3-2-6-16-11/h2-7H,1H3. The van der Waals surface area contributed by atoms with Crippen molar-refractivity contribution in [2.75, 3.05) is 0 Å². The van der Waals surface area contributed by atoms with Gasteiger partial charge in [0.15, 0.2) is 0 Å². The Morgan fingerprint density at radius 3 is 2.81 bits per heavy atom. The molecule has 0 radical (unpaired) electrons. The van der Waals surface area contributed by atoms with E-state index in [2.05, 4.69) is 15.9 Å². The molecule has 0 bridgehead atoms. The predicted octanol–water partition coefficient (Wildman–Crippen LogP) is 4.04. The zero-order valence-electron chi connectivity index (χ0n) is 8.57. The van der Waals surface area contributed by atoms with Crippen molar-refractivity contribution in [2.45, 2.75) is 6.92 Å². The van der Waals surface area contributed by atoms with Gasteiger partial charge in [0.05, 0.1) is 0 Å². The van der Waals surface area contributed by atoms with Crippen LogP contribution in [0.25, 0.3) is 0 Å². The summed E-state index contributed by atoms with van der Waals surface area (Å²) in [4.78, 5) is 12.3. The molecule has 2 aromatic rings. The fraction of sp³-hybridized carbons (Fsp3) is 0.0833. The molecule has 0 aliphatic carbocycles.